The first kappa shape index (κ1) is 18.1. The zero-order chi connectivity index (χ0) is 18.8. The van der Waals surface area contributed by atoms with Gasteiger partial charge in [-0.05, 0) is 30.2 Å². The molecular weight excluding hydrogens is 385 g/mol. The number of fused-ring (bicyclic) bond motifs is 1. The van der Waals surface area contributed by atoms with Crippen molar-refractivity contribution in [2.24, 2.45) is 0 Å². The number of nitrogens with zero attached hydrogens (tertiary/aromatic N) is 4. The van der Waals surface area contributed by atoms with E-state index in [1.165, 1.54) is 6.33 Å². The lowest BCUT2D eigenvalue weighted by Gasteiger charge is -2.35. The van der Waals surface area contributed by atoms with Gasteiger partial charge in [-0.1, -0.05) is 35.3 Å². The molecule has 0 radical (unpaired) electrons. The van der Waals surface area contributed by atoms with Crippen LogP contribution >= 0.6 is 23.2 Å². The zero-order valence-electron chi connectivity index (χ0n) is 14.7. The van der Waals surface area contributed by atoms with Crippen molar-refractivity contribution < 1.29 is 4.79 Å². The second-order valence-corrected chi connectivity index (χ2v) is 7.41. The molecule has 0 spiro atoms. The third-order valence-electron chi connectivity index (χ3n) is 4.84. The second-order valence-electron chi connectivity index (χ2n) is 6.57. The van der Waals surface area contributed by atoms with Gasteiger partial charge >= 0.3 is 0 Å². The van der Waals surface area contributed by atoms with Crippen LogP contribution in [0.3, 0.4) is 0 Å². The van der Waals surface area contributed by atoms with E-state index in [2.05, 4.69) is 19.9 Å². The van der Waals surface area contributed by atoms with E-state index in [-0.39, 0.29) is 5.91 Å². The predicted molar refractivity (Wildman–Crippen MR) is 107 cm³/mol. The Balaban J connectivity index is 1.35. The topological polar surface area (TPSA) is 65.1 Å². The largest absolute Gasteiger partial charge is 0.352 e. The molecule has 0 atom stereocenters. The predicted octanol–water partition coefficient (Wildman–Crippen LogP) is 3.55. The minimum atomic E-state index is 0.183. The van der Waals surface area contributed by atoms with Crippen LogP contribution in [0.4, 0.5) is 5.82 Å². The Bertz CT molecular complexity index is 948. The highest BCUT2D eigenvalue weighted by molar-refractivity contribution is 6.31. The summed E-state index contributed by atoms with van der Waals surface area (Å²) < 4.78 is 0. The molecule has 1 aromatic carbocycles. The number of benzene rings is 1. The van der Waals surface area contributed by atoms with Gasteiger partial charge in [0.15, 0.2) is 0 Å². The Morgan fingerprint density at radius 3 is 2.56 bits per heavy atom. The Morgan fingerprint density at radius 2 is 1.81 bits per heavy atom. The van der Waals surface area contributed by atoms with Gasteiger partial charge in [0.25, 0.3) is 0 Å². The molecule has 1 aliphatic rings. The van der Waals surface area contributed by atoms with E-state index in [1.54, 1.807) is 0 Å². The van der Waals surface area contributed by atoms with Gasteiger partial charge in [0.2, 0.25) is 5.91 Å². The molecule has 3 heterocycles. The number of anilines is 1. The summed E-state index contributed by atoms with van der Waals surface area (Å²) in [7, 11) is 0. The molecule has 8 heteroatoms. The van der Waals surface area contributed by atoms with Gasteiger partial charge in [-0.3, -0.25) is 4.79 Å². The number of hydrogen-bond donors (Lipinski definition) is 1. The fourth-order valence-corrected chi connectivity index (χ4v) is 3.70. The van der Waals surface area contributed by atoms with Gasteiger partial charge in [0.1, 0.15) is 22.9 Å². The van der Waals surface area contributed by atoms with E-state index < -0.39 is 0 Å². The molecule has 3 aromatic rings. The van der Waals surface area contributed by atoms with Crippen LogP contribution in [0.25, 0.3) is 11.0 Å². The summed E-state index contributed by atoms with van der Waals surface area (Å²) in [4.78, 5) is 28.3. The summed E-state index contributed by atoms with van der Waals surface area (Å²) in [5.41, 5.74) is 1.85. The monoisotopic (exact) mass is 403 g/mol. The van der Waals surface area contributed by atoms with E-state index in [0.29, 0.717) is 29.7 Å². The zero-order valence-corrected chi connectivity index (χ0v) is 16.2. The third-order valence-corrected chi connectivity index (χ3v) is 5.30. The van der Waals surface area contributed by atoms with Gasteiger partial charge in [-0.2, -0.15) is 0 Å². The van der Waals surface area contributed by atoms with Crippen molar-refractivity contribution in [2.75, 3.05) is 31.1 Å². The van der Waals surface area contributed by atoms with Crippen LogP contribution in [0, 0.1) is 0 Å². The molecule has 0 aliphatic carbocycles. The lowest BCUT2D eigenvalue weighted by molar-refractivity contribution is -0.131. The van der Waals surface area contributed by atoms with Crippen molar-refractivity contribution in [3.8, 4) is 0 Å². The maximum absolute atomic E-state index is 12.5. The maximum atomic E-state index is 12.5. The normalized spacial score (nSPS) is 14.7. The number of rotatable bonds is 4. The summed E-state index contributed by atoms with van der Waals surface area (Å²) in [5.74, 6) is 1.04. The van der Waals surface area contributed by atoms with Crippen LogP contribution in [-0.4, -0.2) is 51.9 Å². The van der Waals surface area contributed by atoms with E-state index in [1.807, 2.05) is 35.2 Å². The number of halogens is 2. The van der Waals surface area contributed by atoms with E-state index >= 15 is 0 Å². The number of amides is 1. The minimum absolute atomic E-state index is 0.183. The first-order valence-corrected chi connectivity index (χ1v) is 9.62. The Hall–Kier alpha value is -2.31. The van der Waals surface area contributed by atoms with Gasteiger partial charge in [0.05, 0.1) is 5.39 Å². The van der Waals surface area contributed by atoms with Crippen LogP contribution in [0.1, 0.15) is 12.0 Å². The number of carbonyl (C=O) groups is 1. The molecule has 2 aromatic heterocycles. The van der Waals surface area contributed by atoms with E-state index in [9.17, 15) is 4.79 Å². The number of nitrogens with one attached hydrogen (secondary N) is 1. The van der Waals surface area contributed by atoms with Crippen molar-refractivity contribution in [3.63, 3.8) is 0 Å². The molecule has 27 heavy (non-hydrogen) atoms. The van der Waals surface area contributed by atoms with Gasteiger partial charge in [0, 0.05) is 37.6 Å². The van der Waals surface area contributed by atoms with Crippen LogP contribution in [0.2, 0.25) is 10.2 Å². The van der Waals surface area contributed by atoms with Gasteiger partial charge < -0.3 is 14.8 Å². The van der Waals surface area contributed by atoms with Crippen LogP contribution in [0.5, 0.6) is 0 Å². The lowest BCUT2D eigenvalue weighted by Crippen LogP contribution is -2.49. The van der Waals surface area contributed by atoms with Gasteiger partial charge in [-0.25, -0.2) is 9.97 Å². The van der Waals surface area contributed by atoms with Crippen molar-refractivity contribution in [2.45, 2.75) is 12.8 Å². The van der Waals surface area contributed by atoms with Crippen molar-refractivity contribution in [1.82, 2.24) is 19.9 Å². The molecule has 1 saturated heterocycles. The number of aromatic nitrogens is 3. The summed E-state index contributed by atoms with van der Waals surface area (Å²) >= 11 is 12.0. The maximum Gasteiger partial charge on any atom is 0.223 e. The fraction of sp³-hybridized carbons (Fsp3) is 0.316. The number of piperazine rings is 1. The van der Waals surface area contributed by atoms with E-state index in [0.717, 1.165) is 41.9 Å². The molecule has 1 aliphatic heterocycles. The summed E-state index contributed by atoms with van der Waals surface area (Å²) in [6.45, 7) is 2.84. The Labute approximate surface area is 167 Å². The average Bonchev–Trinajstić information content (AvgIpc) is 3.07. The molecule has 4 rings (SSSR count). The second kappa shape index (κ2) is 7.74. The average molecular weight is 404 g/mol. The molecule has 0 saturated carbocycles. The Morgan fingerprint density at radius 1 is 1.07 bits per heavy atom. The molecule has 1 amide bonds. The molecule has 140 valence electrons. The van der Waals surface area contributed by atoms with Crippen molar-refractivity contribution >= 4 is 46.0 Å². The molecule has 1 N–H and O–H groups in total. The van der Waals surface area contributed by atoms with Crippen molar-refractivity contribution in [1.29, 1.82) is 0 Å². The first-order valence-electron chi connectivity index (χ1n) is 8.86. The first-order chi connectivity index (χ1) is 13.1. The third kappa shape index (κ3) is 4.01. The van der Waals surface area contributed by atoms with Crippen LogP contribution < -0.4 is 4.90 Å². The highest BCUT2D eigenvalue weighted by Gasteiger charge is 2.23. The molecular formula is C19H19Cl2N5O. The molecule has 6 nitrogen and oxygen atoms in total. The highest BCUT2D eigenvalue weighted by Crippen LogP contribution is 2.26. The number of H-pyrrole nitrogens is 1. The molecule has 1 fully saturated rings. The quantitative estimate of drug-likeness (QED) is 0.723. The number of aryl methyl sites for hydroxylation is 1. The van der Waals surface area contributed by atoms with Crippen LogP contribution in [0.15, 0.2) is 36.7 Å². The number of hydrogen-bond acceptors (Lipinski definition) is 4. The lowest BCUT2D eigenvalue weighted by atomic mass is 10.1. The highest BCUT2D eigenvalue weighted by atomic mass is 35.5. The standard InChI is InChI=1S/C19H19Cl2N5O/c20-14-4-1-13(2-5-14)3-6-17(27)25-7-9-26(10-8-25)19-15-11-16(21)24-18(15)22-12-23-19/h1-2,4-5,11-12H,3,6-10H2,(H,22,23,24). The SMILES string of the molecule is O=C(CCc1ccc(Cl)cc1)N1CCN(c2ncnc3[nH]c(Cl)cc23)CC1. The summed E-state index contributed by atoms with van der Waals surface area (Å²) in [5, 5.41) is 2.16. The van der Waals surface area contributed by atoms with E-state index in [4.69, 9.17) is 23.2 Å². The molecule has 0 unspecified atom stereocenters. The number of aromatic amines is 1. The number of carbonyl (C=O) groups excluding carboxylic acids is 1. The van der Waals surface area contributed by atoms with Crippen LogP contribution in [-0.2, 0) is 11.2 Å². The van der Waals surface area contributed by atoms with Gasteiger partial charge in [-0.15, -0.1) is 0 Å². The smallest absolute Gasteiger partial charge is 0.223 e. The minimum Gasteiger partial charge on any atom is -0.352 e. The summed E-state index contributed by atoms with van der Waals surface area (Å²) in [6, 6.07) is 9.49. The molecule has 0 bridgehead atoms. The summed E-state index contributed by atoms with van der Waals surface area (Å²) in [6.07, 6.45) is 2.77. The fourth-order valence-electron chi connectivity index (χ4n) is 3.37. The Kier molecular flexibility index (Phi) is 5.18. The van der Waals surface area contributed by atoms with Crippen molar-refractivity contribution in [3.05, 3.63) is 52.4 Å².